The van der Waals surface area contributed by atoms with E-state index in [0.29, 0.717) is 18.0 Å². The minimum absolute atomic E-state index is 0.0538. The first-order valence-electron chi connectivity index (χ1n) is 13.6. The molecular weight excluding hydrogens is 472 g/mol. The zero-order chi connectivity index (χ0) is 26.0. The van der Waals surface area contributed by atoms with Crippen molar-refractivity contribution in [2.45, 2.75) is 37.8 Å². The van der Waals surface area contributed by atoms with E-state index < -0.39 is 0 Å². The van der Waals surface area contributed by atoms with E-state index >= 15 is 0 Å². The van der Waals surface area contributed by atoms with Crippen LogP contribution in [0.3, 0.4) is 0 Å². The molecule has 1 aromatic heterocycles. The van der Waals surface area contributed by atoms with Crippen LogP contribution in [0.15, 0.2) is 104 Å². The number of aromatic nitrogens is 2. The molecule has 1 N–H and O–H groups in total. The van der Waals surface area contributed by atoms with Gasteiger partial charge in [-0.15, -0.1) is 0 Å². The van der Waals surface area contributed by atoms with Crippen molar-refractivity contribution in [2.24, 2.45) is 0 Å². The first-order valence-corrected chi connectivity index (χ1v) is 13.6. The minimum atomic E-state index is -0.0538. The van der Waals surface area contributed by atoms with Gasteiger partial charge in [-0.1, -0.05) is 60.7 Å². The Balaban J connectivity index is 1.08. The minimum Gasteiger partial charge on any atom is -0.490 e. The van der Waals surface area contributed by atoms with Crippen LogP contribution in [-0.4, -0.2) is 52.6 Å². The van der Waals surface area contributed by atoms with Crippen LogP contribution in [0.4, 0.5) is 0 Å². The SMILES string of the molecule is O=C(NCCCn1ccnc1)c1ccc(OC2CCN(CC(c3ccccc3)c3ccccc3)CC2)cc1. The molecule has 38 heavy (non-hydrogen) atoms. The van der Waals surface area contributed by atoms with Crippen LogP contribution in [0.5, 0.6) is 5.75 Å². The fraction of sp³-hybridized carbons (Fsp3) is 0.312. The Morgan fingerprint density at radius 1 is 0.921 bits per heavy atom. The Kier molecular flexibility index (Phi) is 8.85. The number of carbonyl (C=O) groups excluding carboxylic acids is 1. The predicted octanol–water partition coefficient (Wildman–Crippen LogP) is 5.38. The molecule has 6 nitrogen and oxygen atoms in total. The summed E-state index contributed by atoms with van der Waals surface area (Å²) in [4.78, 5) is 19.1. The second-order valence-corrected chi connectivity index (χ2v) is 9.93. The van der Waals surface area contributed by atoms with Gasteiger partial charge in [0.1, 0.15) is 11.9 Å². The molecule has 0 unspecified atom stereocenters. The van der Waals surface area contributed by atoms with Gasteiger partial charge in [-0.2, -0.15) is 0 Å². The Bertz CT molecular complexity index is 1200. The highest BCUT2D eigenvalue weighted by atomic mass is 16.5. The molecule has 2 heterocycles. The number of hydrogen-bond donors (Lipinski definition) is 1. The van der Waals surface area contributed by atoms with Crippen molar-refractivity contribution in [1.29, 1.82) is 0 Å². The number of aryl methyl sites for hydroxylation is 1. The Morgan fingerprint density at radius 2 is 1.58 bits per heavy atom. The molecular formula is C32H36N4O2. The van der Waals surface area contributed by atoms with Crippen LogP contribution in [0.25, 0.3) is 0 Å². The summed E-state index contributed by atoms with van der Waals surface area (Å²) < 4.78 is 8.29. The molecule has 1 saturated heterocycles. The standard InChI is InChI=1S/C32H36N4O2/c37-32(34-18-7-20-36-23-19-33-25-36)28-12-14-29(15-13-28)38-30-16-21-35(22-17-30)24-31(26-8-3-1-4-9-26)27-10-5-2-6-11-27/h1-6,8-15,19,23,25,30-31H,7,16-18,20-22,24H2,(H,34,37). The lowest BCUT2D eigenvalue weighted by Crippen LogP contribution is -2.40. The van der Waals surface area contributed by atoms with E-state index in [-0.39, 0.29) is 12.0 Å². The van der Waals surface area contributed by atoms with E-state index in [9.17, 15) is 4.79 Å². The predicted molar refractivity (Wildman–Crippen MR) is 150 cm³/mol. The molecule has 6 heteroatoms. The lowest BCUT2D eigenvalue weighted by molar-refractivity contribution is 0.0951. The molecule has 1 fully saturated rings. The molecule has 196 valence electrons. The number of imidazole rings is 1. The van der Waals surface area contributed by atoms with Crippen LogP contribution in [-0.2, 0) is 6.54 Å². The third-order valence-electron chi connectivity index (χ3n) is 7.24. The summed E-state index contributed by atoms with van der Waals surface area (Å²) >= 11 is 0. The molecule has 0 spiro atoms. The Hall–Kier alpha value is -3.90. The van der Waals surface area contributed by atoms with Crippen LogP contribution < -0.4 is 10.1 Å². The zero-order valence-corrected chi connectivity index (χ0v) is 21.8. The van der Waals surface area contributed by atoms with Gasteiger partial charge >= 0.3 is 0 Å². The third-order valence-corrected chi connectivity index (χ3v) is 7.24. The van der Waals surface area contributed by atoms with Crippen molar-refractivity contribution in [2.75, 3.05) is 26.2 Å². The zero-order valence-electron chi connectivity index (χ0n) is 21.8. The van der Waals surface area contributed by atoms with E-state index in [0.717, 1.165) is 51.2 Å². The molecule has 0 radical (unpaired) electrons. The maximum atomic E-state index is 12.5. The summed E-state index contributed by atoms with van der Waals surface area (Å²) in [6, 6.07) is 29.1. The summed E-state index contributed by atoms with van der Waals surface area (Å²) in [5.41, 5.74) is 3.38. The number of nitrogens with one attached hydrogen (secondary N) is 1. The molecule has 0 saturated carbocycles. The van der Waals surface area contributed by atoms with E-state index in [1.807, 2.05) is 35.0 Å². The fourth-order valence-electron chi connectivity index (χ4n) is 5.10. The first-order chi connectivity index (χ1) is 18.7. The number of nitrogens with zero attached hydrogens (tertiary/aromatic N) is 3. The highest BCUT2D eigenvalue weighted by Gasteiger charge is 2.24. The van der Waals surface area contributed by atoms with Crippen molar-refractivity contribution in [3.05, 3.63) is 120 Å². The molecule has 5 rings (SSSR count). The second-order valence-electron chi connectivity index (χ2n) is 9.93. The van der Waals surface area contributed by atoms with Gasteiger partial charge in [-0.3, -0.25) is 4.79 Å². The van der Waals surface area contributed by atoms with Crippen molar-refractivity contribution < 1.29 is 9.53 Å². The van der Waals surface area contributed by atoms with Gasteiger partial charge in [0, 0.05) is 56.6 Å². The quantitative estimate of drug-likeness (QED) is 0.277. The molecule has 1 aliphatic rings. The molecule has 0 atom stereocenters. The van der Waals surface area contributed by atoms with Gasteiger partial charge < -0.3 is 19.5 Å². The van der Waals surface area contributed by atoms with Gasteiger partial charge in [0.2, 0.25) is 0 Å². The summed E-state index contributed by atoms with van der Waals surface area (Å²) in [5.74, 6) is 1.13. The molecule has 0 aliphatic carbocycles. The van der Waals surface area contributed by atoms with Crippen LogP contribution >= 0.6 is 0 Å². The van der Waals surface area contributed by atoms with Crippen molar-refractivity contribution >= 4 is 5.91 Å². The van der Waals surface area contributed by atoms with E-state index in [1.54, 1.807) is 12.5 Å². The van der Waals surface area contributed by atoms with E-state index in [2.05, 4.69) is 75.9 Å². The monoisotopic (exact) mass is 508 g/mol. The summed E-state index contributed by atoms with van der Waals surface area (Å²) in [6.45, 7) is 4.50. The first kappa shape index (κ1) is 25.7. The number of likely N-dealkylation sites (tertiary alicyclic amines) is 1. The number of amides is 1. The van der Waals surface area contributed by atoms with Gasteiger partial charge in [-0.25, -0.2) is 4.98 Å². The maximum Gasteiger partial charge on any atom is 0.251 e. The number of hydrogen-bond acceptors (Lipinski definition) is 4. The number of ether oxygens (including phenoxy) is 1. The van der Waals surface area contributed by atoms with Gasteiger partial charge in [0.05, 0.1) is 6.33 Å². The van der Waals surface area contributed by atoms with Crippen molar-refractivity contribution in [3.63, 3.8) is 0 Å². The topological polar surface area (TPSA) is 59.4 Å². The normalized spacial score (nSPS) is 14.4. The third kappa shape index (κ3) is 7.11. The van der Waals surface area contributed by atoms with Gasteiger partial charge in [0.15, 0.2) is 0 Å². The Labute approximate surface area is 225 Å². The number of carbonyl (C=O) groups is 1. The van der Waals surface area contributed by atoms with Gasteiger partial charge in [0.25, 0.3) is 5.91 Å². The highest BCUT2D eigenvalue weighted by molar-refractivity contribution is 5.94. The highest BCUT2D eigenvalue weighted by Crippen LogP contribution is 2.27. The van der Waals surface area contributed by atoms with Crippen molar-refractivity contribution in [1.82, 2.24) is 19.8 Å². The van der Waals surface area contributed by atoms with Crippen LogP contribution in [0.2, 0.25) is 0 Å². The molecule has 0 bridgehead atoms. The second kappa shape index (κ2) is 13.1. The smallest absolute Gasteiger partial charge is 0.251 e. The summed E-state index contributed by atoms with van der Waals surface area (Å²) in [6.07, 6.45) is 8.53. The summed E-state index contributed by atoms with van der Waals surface area (Å²) in [7, 11) is 0. The molecule has 1 aliphatic heterocycles. The summed E-state index contributed by atoms with van der Waals surface area (Å²) in [5, 5.41) is 2.99. The maximum absolute atomic E-state index is 12.5. The molecule has 3 aromatic carbocycles. The average Bonchev–Trinajstić information content (AvgIpc) is 3.50. The number of benzene rings is 3. The average molecular weight is 509 g/mol. The lowest BCUT2D eigenvalue weighted by atomic mass is 9.90. The van der Waals surface area contributed by atoms with E-state index in [1.165, 1.54) is 11.1 Å². The van der Waals surface area contributed by atoms with E-state index in [4.69, 9.17) is 4.74 Å². The number of piperidine rings is 1. The van der Waals surface area contributed by atoms with Gasteiger partial charge in [-0.05, 0) is 54.7 Å². The van der Waals surface area contributed by atoms with Crippen molar-refractivity contribution in [3.8, 4) is 5.75 Å². The lowest BCUT2D eigenvalue weighted by Gasteiger charge is -2.34. The van der Waals surface area contributed by atoms with Crippen LogP contribution in [0.1, 0.15) is 46.7 Å². The fourth-order valence-corrected chi connectivity index (χ4v) is 5.10. The number of rotatable bonds is 11. The largest absolute Gasteiger partial charge is 0.490 e. The molecule has 1 amide bonds. The van der Waals surface area contributed by atoms with Crippen LogP contribution in [0, 0.1) is 0 Å². The molecule has 4 aromatic rings. The Morgan fingerprint density at radius 3 is 2.18 bits per heavy atom.